The maximum Gasteiger partial charge on any atom is 0.240 e. The monoisotopic (exact) mass is 1280 g/mol. The van der Waals surface area contributed by atoms with Gasteiger partial charge in [0.2, 0.25) is 11.9 Å². The first-order valence-electron chi connectivity index (χ1n) is 35.0. The second-order valence-corrected chi connectivity index (χ2v) is 29.5. The second kappa shape index (κ2) is 20.4. The minimum Gasteiger partial charge on any atom is -0.309 e. The number of fused-ring (bicyclic) bond motifs is 19. The van der Waals surface area contributed by atoms with E-state index in [1.54, 1.807) is 0 Å². The Morgan fingerprint density at radius 2 is 0.500 bits per heavy atom. The molecule has 0 saturated heterocycles. The lowest BCUT2D eigenvalue weighted by Crippen LogP contribution is -2.14. The smallest absolute Gasteiger partial charge is 0.240 e. The van der Waals surface area contributed by atoms with E-state index < -0.39 is 0 Å². The summed E-state index contributed by atoms with van der Waals surface area (Å²) in [4.78, 5) is 17.2. The number of hydrogen-bond acceptors (Lipinski definition) is 3. The van der Waals surface area contributed by atoms with Gasteiger partial charge in [-0.25, -0.2) is 0 Å². The normalized spacial score (nSPS) is 14.3. The zero-order valence-electron chi connectivity index (χ0n) is 56.4. The summed E-state index contributed by atoms with van der Waals surface area (Å²) in [7, 11) is 0. The van der Waals surface area contributed by atoms with Crippen molar-refractivity contribution in [3.05, 3.63) is 325 Å². The highest BCUT2D eigenvalue weighted by Gasteiger charge is 2.38. The minimum absolute atomic E-state index is 0.0997. The number of benzene rings is 14. The first-order valence-corrected chi connectivity index (χ1v) is 35.0. The Hall–Kier alpha value is -12.3. The summed E-state index contributed by atoms with van der Waals surface area (Å²) in [5, 5.41) is 9.02. The van der Waals surface area contributed by atoms with Crippen LogP contribution in [-0.4, -0.2) is 28.7 Å². The van der Waals surface area contributed by atoms with Crippen LogP contribution in [0.5, 0.6) is 0 Å². The molecule has 3 aliphatic rings. The van der Waals surface area contributed by atoms with Gasteiger partial charge in [0.1, 0.15) is 0 Å². The molecular formula is C94H66N6. The predicted octanol–water partition coefficient (Wildman–Crippen LogP) is 23.9. The first kappa shape index (κ1) is 56.9. The fourth-order valence-corrected chi connectivity index (χ4v) is 18.1. The third-order valence-electron chi connectivity index (χ3n) is 23.2. The Kier molecular flexibility index (Phi) is 11.6. The highest BCUT2D eigenvalue weighted by Crippen LogP contribution is 2.54. The van der Waals surface area contributed by atoms with Crippen LogP contribution < -0.4 is 0 Å². The molecule has 0 N–H and O–H groups in total. The van der Waals surface area contributed by atoms with Crippen LogP contribution in [0.15, 0.2) is 291 Å². The Balaban J connectivity index is 0.751. The molecule has 0 unspecified atom stereocenters. The Morgan fingerprint density at radius 3 is 0.910 bits per heavy atom. The molecule has 0 amide bonds. The molecule has 3 aliphatic carbocycles. The molecule has 6 nitrogen and oxygen atoms in total. The lowest BCUT2D eigenvalue weighted by Gasteiger charge is -2.22. The van der Waals surface area contributed by atoms with E-state index in [9.17, 15) is 0 Å². The third kappa shape index (κ3) is 7.87. The molecule has 0 atom stereocenters. The SMILES string of the molecule is CC1(C)c2ccccc2-c2ccc(-c3ccc4c(c3)c3ccccc3n4-c3nc(-c4ccc(-n5c6ccccc6c6cc(-c7ccc8c(c7)C(C)(C)c7ccccc7-8)ccc65)c5ccccc45)nc(-n4c5ccccc5c5cc(-c6ccc7c(c6)C(C)(C)c6ccccc6-7)ccc54)n3)cc21. The van der Waals surface area contributed by atoms with Crippen molar-refractivity contribution in [1.29, 1.82) is 0 Å². The van der Waals surface area contributed by atoms with Gasteiger partial charge in [0.15, 0.2) is 5.82 Å². The number of hydrogen-bond donors (Lipinski definition) is 0. The van der Waals surface area contributed by atoms with E-state index in [2.05, 4.69) is 346 Å². The molecule has 0 saturated carbocycles. The molecule has 472 valence electrons. The summed E-state index contributed by atoms with van der Waals surface area (Å²) in [6.07, 6.45) is 0. The fourth-order valence-electron chi connectivity index (χ4n) is 18.1. The van der Waals surface area contributed by atoms with Crippen molar-refractivity contribution in [3.8, 4) is 95.7 Å². The molecule has 4 heterocycles. The summed E-state index contributed by atoms with van der Waals surface area (Å²) in [6.45, 7) is 14.1. The molecule has 6 heteroatoms. The second-order valence-electron chi connectivity index (χ2n) is 29.5. The molecule has 4 aromatic heterocycles. The van der Waals surface area contributed by atoms with E-state index in [1.165, 1.54) is 99.8 Å². The molecule has 18 aromatic rings. The molecule has 100 heavy (non-hydrogen) atoms. The minimum atomic E-state index is -0.126. The van der Waals surface area contributed by atoms with Crippen molar-refractivity contribution in [2.24, 2.45) is 0 Å². The van der Waals surface area contributed by atoms with Crippen LogP contribution >= 0.6 is 0 Å². The van der Waals surface area contributed by atoms with Gasteiger partial charge in [0, 0.05) is 59.5 Å². The summed E-state index contributed by atoms with van der Waals surface area (Å²) in [5.74, 6) is 1.63. The molecule has 0 bridgehead atoms. The summed E-state index contributed by atoms with van der Waals surface area (Å²) < 4.78 is 6.98. The van der Waals surface area contributed by atoms with Gasteiger partial charge in [-0.1, -0.05) is 248 Å². The van der Waals surface area contributed by atoms with Gasteiger partial charge in [-0.05, 0) is 190 Å². The van der Waals surface area contributed by atoms with Gasteiger partial charge in [0.25, 0.3) is 0 Å². The van der Waals surface area contributed by atoms with E-state index >= 15 is 0 Å². The van der Waals surface area contributed by atoms with Crippen molar-refractivity contribution >= 4 is 76.2 Å². The lowest BCUT2D eigenvalue weighted by atomic mass is 9.81. The van der Waals surface area contributed by atoms with Gasteiger partial charge in [-0.2, -0.15) is 15.0 Å². The van der Waals surface area contributed by atoms with Crippen molar-refractivity contribution in [2.75, 3.05) is 0 Å². The van der Waals surface area contributed by atoms with Crippen LogP contribution in [-0.2, 0) is 16.2 Å². The van der Waals surface area contributed by atoms with Gasteiger partial charge >= 0.3 is 0 Å². The van der Waals surface area contributed by atoms with Crippen LogP contribution in [0.25, 0.3) is 172 Å². The van der Waals surface area contributed by atoms with Gasteiger partial charge in [-0.15, -0.1) is 0 Å². The van der Waals surface area contributed by atoms with Crippen LogP contribution in [0, 0.1) is 0 Å². The van der Waals surface area contributed by atoms with Crippen LogP contribution in [0.3, 0.4) is 0 Å². The Bertz CT molecular complexity index is 6400. The third-order valence-corrected chi connectivity index (χ3v) is 23.2. The topological polar surface area (TPSA) is 53.5 Å². The molecular weight excluding hydrogens is 1210 g/mol. The van der Waals surface area contributed by atoms with Crippen LogP contribution in [0.2, 0.25) is 0 Å². The zero-order valence-corrected chi connectivity index (χ0v) is 56.4. The Labute approximate surface area is 579 Å². The number of para-hydroxylation sites is 3. The largest absolute Gasteiger partial charge is 0.309 e. The average molecular weight is 1280 g/mol. The first-order chi connectivity index (χ1) is 48.8. The molecule has 14 aromatic carbocycles. The van der Waals surface area contributed by atoms with Crippen molar-refractivity contribution in [3.63, 3.8) is 0 Å². The highest BCUT2D eigenvalue weighted by atomic mass is 15.3. The summed E-state index contributed by atoms with van der Waals surface area (Å²) in [5.41, 5.74) is 31.2. The summed E-state index contributed by atoms with van der Waals surface area (Å²) >= 11 is 0. The average Bonchev–Trinajstić information content (AvgIpc) is 1.56. The summed E-state index contributed by atoms with van der Waals surface area (Å²) in [6, 6.07) is 108. The van der Waals surface area contributed by atoms with Crippen molar-refractivity contribution in [2.45, 2.75) is 57.8 Å². The van der Waals surface area contributed by atoms with Gasteiger partial charge in [-0.3, -0.25) is 9.13 Å². The number of aromatic nitrogens is 6. The fraction of sp³-hybridized carbons (Fsp3) is 0.0957. The van der Waals surface area contributed by atoms with E-state index in [0.29, 0.717) is 17.7 Å². The highest BCUT2D eigenvalue weighted by molar-refractivity contribution is 6.14. The van der Waals surface area contributed by atoms with Gasteiger partial charge < -0.3 is 4.57 Å². The quantitative estimate of drug-likeness (QED) is 0.160. The number of nitrogens with zero attached hydrogens (tertiary/aromatic N) is 6. The molecule has 21 rings (SSSR count). The standard InChI is InChI=1S/C94H66N6/c1-92(2)76-29-15-9-22-62(76)65-41-35-58(52-79(65)92)55-38-45-86-73(49-55)69-26-12-18-32-82(69)98(86)85-48-44-72(61-21-7-8-25-68(61)85)89-95-90(99-83-33-19-13-27-70(83)74-50-56(39-46-87(74)99)59-36-42-66-63-23-10-16-30-77(63)93(3,4)80(66)53-59)97-91(96-89)100-84-34-20-14-28-71(84)75-51-57(40-47-88(75)100)60-37-43-67-64-24-11-17-31-78(64)94(5,6)81(67)54-60/h7-54H,1-6H3. The van der Waals surface area contributed by atoms with E-state index in [-0.39, 0.29) is 16.2 Å². The molecule has 0 fully saturated rings. The maximum atomic E-state index is 5.72. The van der Waals surface area contributed by atoms with Crippen LogP contribution in [0.4, 0.5) is 0 Å². The maximum absolute atomic E-state index is 5.72. The van der Waals surface area contributed by atoms with E-state index in [0.717, 1.165) is 87.8 Å². The van der Waals surface area contributed by atoms with E-state index in [1.807, 2.05) is 0 Å². The number of rotatable bonds is 7. The van der Waals surface area contributed by atoms with Gasteiger partial charge in [0.05, 0.1) is 38.8 Å². The van der Waals surface area contributed by atoms with Crippen LogP contribution in [0.1, 0.15) is 74.9 Å². The Morgan fingerprint density at radius 1 is 0.210 bits per heavy atom. The molecule has 0 aliphatic heterocycles. The zero-order chi connectivity index (χ0) is 66.7. The van der Waals surface area contributed by atoms with Crippen molar-refractivity contribution < 1.29 is 0 Å². The molecule has 0 radical (unpaired) electrons. The van der Waals surface area contributed by atoms with Crippen molar-refractivity contribution in [1.82, 2.24) is 28.7 Å². The van der Waals surface area contributed by atoms with E-state index in [4.69, 9.17) is 15.0 Å². The lowest BCUT2D eigenvalue weighted by molar-refractivity contribution is 0.660. The predicted molar refractivity (Wildman–Crippen MR) is 415 cm³/mol. The molecule has 0 spiro atoms.